The summed E-state index contributed by atoms with van der Waals surface area (Å²) < 4.78 is 0. The molecule has 120 valence electrons. The number of piperidine rings is 1. The quantitative estimate of drug-likeness (QED) is 0.947. The molecule has 1 saturated carbocycles. The van der Waals surface area contributed by atoms with E-state index in [0.717, 1.165) is 38.0 Å². The maximum Gasteiger partial charge on any atom is 0.0991 e. The highest BCUT2D eigenvalue weighted by Gasteiger charge is 2.51. The van der Waals surface area contributed by atoms with Gasteiger partial charge >= 0.3 is 0 Å². The number of hydrogen-bond donors (Lipinski definition) is 1. The Morgan fingerprint density at radius 2 is 1.78 bits per heavy atom. The lowest BCUT2D eigenvalue weighted by Gasteiger charge is -2.53. The zero-order chi connectivity index (χ0) is 15.7. The minimum Gasteiger partial charge on any atom is -0.384 e. The van der Waals surface area contributed by atoms with Crippen molar-refractivity contribution in [2.45, 2.75) is 31.4 Å². The van der Waals surface area contributed by atoms with Gasteiger partial charge in [-0.25, -0.2) is 0 Å². The lowest BCUT2D eigenvalue weighted by Crippen LogP contribution is -2.57. The minimum absolute atomic E-state index is 0.293. The van der Waals surface area contributed by atoms with Gasteiger partial charge in [0.25, 0.3) is 0 Å². The van der Waals surface area contributed by atoms with E-state index in [9.17, 15) is 5.11 Å². The van der Waals surface area contributed by atoms with Gasteiger partial charge in [0.05, 0.1) is 5.60 Å². The first-order chi connectivity index (χ1) is 11.3. The molecule has 3 heterocycles. The second-order valence-electron chi connectivity index (χ2n) is 6.94. The van der Waals surface area contributed by atoms with Crippen LogP contribution in [0.15, 0.2) is 49.1 Å². The lowest BCUT2D eigenvalue weighted by atomic mass is 9.63. The number of likely N-dealkylation sites (tertiary alicyclic amines) is 1. The van der Waals surface area contributed by atoms with Crippen LogP contribution in [0, 0.1) is 11.8 Å². The van der Waals surface area contributed by atoms with Crippen LogP contribution in [0.2, 0.25) is 0 Å². The van der Waals surface area contributed by atoms with Crippen molar-refractivity contribution in [3.05, 3.63) is 60.2 Å². The number of nitrogens with zero attached hydrogens (tertiary/aromatic N) is 3. The van der Waals surface area contributed by atoms with Crippen LogP contribution < -0.4 is 0 Å². The summed E-state index contributed by atoms with van der Waals surface area (Å²) in [5.41, 5.74) is 1.59. The first-order valence-corrected chi connectivity index (χ1v) is 8.51. The lowest BCUT2D eigenvalue weighted by molar-refractivity contribution is -0.148. The second-order valence-corrected chi connectivity index (χ2v) is 6.94. The normalized spacial score (nSPS) is 31.0. The van der Waals surface area contributed by atoms with Crippen molar-refractivity contribution in [1.29, 1.82) is 0 Å². The molecule has 1 aliphatic heterocycles. The molecule has 1 aliphatic carbocycles. The summed E-state index contributed by atoms with van der Waals surface area (Å²) in [5.74, 6) is 0.585. The fourth-order valence-corrected chi connectivity index (χ4v) is 4.49. The van der Waals surface area contributed by atoms with Gasteiger partial charge in [0.2, 0.25) is 0 Å². The zero-order valence-corrected chi connectivity index (χ0v) is 13.3. The molecule has 2 aromatic heterocycles. The Morgan fingerprint density at radius 3 is 2.43 bits per heavy atom. The van der Waals surface area contributed by atoms with E-state index in [1.54, 1.807) is 6.20 Å². The van der Waals surface area contributed by atoms with Gasteiger partial charge in [0, 0.05) is 61.8 Å². The van der Waals surface area contributed by atoms with Gasteiger partial charge in [-0.15, -0.1) is 0 Å². The third kappa shape index (κ3) is 2.66. The molecule has 0 spiro atoms. The Kier molecular flexibility index (Phi) is 3.87. The van der Waals surface area contributed by atoms with Crippen LogP contribution in [-0.2, 0) is 12.1 Å². The molecule has 2 aromatic rings. The summed E-state index contributed by atoms with van der Waals surface area (Å²) in [6.45, 7) is 2.84. The minimum atomic E-state index is -0.707. The van der Waals surface area contributed by atoms with Crippen molar-refractivity contribution < 1.29 is 5.11 Å². The van der Waals surface area contributed by atoms with Crippen molar-refractivity contribution in [3.8, 4) is 0 Å². The number of rotatable bonds is 3. The van der Waals surface area contributed by atoms with Gasteiger partial charge in [-0.1, -0.05) is 12.5 Å². The van der Waals surface area contributed by atoms with E-state index >= 15 is 0 Å². The van der Waals surface area contributed by atoms with E-state index in [1.165, 1.54) is 12.0 Å². The maximum atomic E-state index is 11.5. The van der Waals surface area contributed by atoms with Crippen LogP contribution in [0.25, 0.3) is 0 Å². The largest absolute Gasteiger partial charge is 0.384 e. The third-order valence-corrected chi connectivity index (χ3v) is 5.59. The molecule has 2 bridgehead atoms. The van der Waals surface area contributed by atoms with Crippen molar-refractivity contribution >= 4 is 0 Å². The number of pyridine rings is 2. The smallest absolute Gasteiger partial charge is 0.0991 e. The highest BCUT2D eigenvalue weighted by Crippen LogP contribution is 2.49. The number of fused-ring (bicyclic) bond motifs is 2. The summed E-state index contributed by atoms with van der Waals surface area (Å²) in [7, 11) is 0. The molecule has 4 rings (SSSR count). The molecule has 4 nitrogen and oxygen atoms in total. The van der Waals surface area contributed by atoms with Crippen molar-refractivity contribution in [2.24, 2.45) is 11.8 Å². The summed E-state index contributed by atoms with van der Waals surface area (Å²) in [5, 5.41) is 11.5. The molecule has 0 radical (unpaired) electrons. The molecule has 2 atom stereocenters. The maximum absolute atomic E-state index is 11.5. The number of aliphatic hydroxyl groups is 1. The zero-order valence-electron chi connectivity index (χ0n) is 13.3. The van der Waals surface area contributed by atoms with Crippen molar-refractivity contribution in [2.75, 3.05) is 13.1 Å². The predicted molar refractivity (Wildman–Crippen MR) is 88.5 cm³/mol. The molecule has 1 N–H and O–H groups in total. The average molecular weight is 309 g/mol. The summed E-state index contributed by atoms with van der Waals surface area (Å²) >= 11 is 0. The van der Waals surface area contributed by atoms with Crippen molar-refractivity contribution in [3.63, 3.8) is 0 Å². The first kappa shape index (κ1) is 14.8. The molecule has 2 aliphatic rings. The van der Waals surface area contributed by atoms with Crippen LogP contribution in [0.5, 0.6) is 0 Å². The Bertz CT molecular complexity index is 632. The van der Waals surface area contributed by atoms with Crippen LogP contribution in [0.4, 0.5) is 0 Å². The predicted octanol–water partition coefficient (Wildman–Crippen LogP) is 2.60. The average Bonchev–Trinajstić information content (AvgIpc) is 2.58. The van der Waals surface area contributed by atoms with Crippen LogP contribution >= 0.6 is 0 Å². The van der Waals surface area contributed by atoms with Crippen LogP contribution in [0.3, 0.4) is 0 Å². The monoisotopic (exact) mass is 309 g/mol. The van der Waals surface area contributed by atoms with Gasteiger partial charge in [0.15, 0.2) is 0 Å². The van der Waals surface area contributed by atoms with Gasteiger partial charge in [-0.2, -0.15) is 0 Å². The topological polar surface area (TPSA) is 49.3 Å². The first-order valence-electron chi connectivity index (χ1n) is 8.51. The van der Waals surface area contributed by atoms with Crippen LogP contribution in [-0.4, -0.2) is 33.1 Å². The standard InChI is InChI=1S/C19H23N3O/c23-19(16-5-2-8-21-11-16)17-3-1-4-18(19)14-22(13-17)12-15-6-9-20-10-7-15/h2,5-11,17-18,23H,1,3-4,12-14H2. The highest BCUT2D eigenvalue weighted by molar-refractivity contribution is 5.24. The van der Waals surface area contributed by atoms with E-state index in [0.29, 0.717) is 11.8 Å². The molecule has 0 amide bonds. The molecule has 1 saturated heterocycles. The molecule has 0 aromatic carbocycles. The Labute approximate surface area is 137 Å². The SMILES string of the molecule is OC1(c2cccnc2)C2CCCC1CN(Cc1ccncc1)C2. The molecule has 23 heavy (non-hydrogen) atoms. The summed E-state index contributed by atoms with van der Waals surface area (Å²) in [6, 6.07) is 8.14. The number of hydrogen-bond acceptors (Lipinski definition) is 4. The van der Waals surface area contributed by atoms with E-state index in [1.807, 2.05) is 30.7 Å². The highest BCUT2D eigenvalue weighted by atomic mass is 16.3. The fraction of sp³-hybridized carbons (Fsp3) is 0.474. The van der Waals surface area contributed by atoms with Gasteiger partial charge in [-0.05, 0) is 36.6 Å². The van der Waals surface area contributed by atoms with Crippen LogP contribution in [0.1, 0.15) is 30.4 Å². The fourth-order valence-electron chi connectivity index (χ4n) is 4.49. The van der Waals surface area contributed by atoms with E-state index < -0.39 is 5.60 Å². The molecule has 4 heteroatoms. The Balaban J connectivity index is 1.57. The molecule has 2 fully saturated rings. The third-order valence-electron chi connectivity index (χ3n) is 5.59. The number of aromatic nitrogens is 2. The van der Waals surface area contributed by atoms with Gasteiger partial charge in [0.1, 0.15) is 0 Å². The molecular formula is C19H23N3O. The Morgan fingerprint density at radius 1 is 1.04 bits per heavy atom. The van der Waals surface area contributed by atoms with E-state index in [2.05, 4.69) is 27.0 Å². The van der Waals surface area contributed by atoms with Crippen molar-refractivity contribution in [1.82, 2.24) is 14.9 Å². The van der Waals surface area contributed by atoms with E-state index in [4.69, 9.17) is 0 Å². The Hall–Kier alpha value is -1.78. The van der Waals surface area contributed by atoms with E-state index in [-0.39, 0.29) is 0 Å². The van der Waals surface area contributed by atoms with Gasteiger partial charge < -0.3 is 5.11 Å². The summed E-state index contributed by atoms with van der Waals surface area (Å²) in [6.07, 6.45) is 10.7. The molecule has 2 unspecified atom stereocenters. The van der Waals surface area contributed by atoms with Gasteiger partial charge in [-0.3, -0.25) is 14.9 Å². The summed E-state index contributed by atoms with van der Waals surface area (Å²) in [4.78, 5) is 10.8. The molecular weight excluding hydrogens is 286 g/mol. The second kappa shape index (κ2) is 6.02.